The van der Waals surface area contributed by atoms with Gasteiger partial charge in [-0.15, -0.1) is 0 Å². The third-order valence-corrected chi connectivity index (χ3v) is 4.59. The quantitative estimate of drug-likeness (QED) is 0.415. The maximum atomic E-state index is 10.5. The Morgan fingerprint density at radius 2 is 0.667 bits per heavy atom. The molecule has 0 saturated carbocycles. The van der Waals surface area contributed by atoms with Gasteiger partial charge in [-0.3, -0.25) is 0 Å². The number of rotatable bonds is 6. The summed E-state index contributed by atoms with van der Waals surface area (Å²) in [5, 5.41) is 23.6. The smallest absolute Gasteiger partial charge is 0.396 e. The van der Waals surface area contributed by atoms with Crippen LogP contribution in [0.2, 0.25) is 0 Å². The van der Waals surface area contributed by atoms with Crippen LogP contribution in [0.15, 0.2) is 0 Å². The predicted octanol–water partition coefficient (Wildman–Crippen LogP) is 4.02. The molecule has 0 aromatic heterocycles. The van der Waals surface area contributed by atoms with E-state index in [1.807, 2.05) is 83.1 Å². The van der Waals surface area contributed by atoms with Crippen molar-refractivity contribution in [2.75, 3.05) is 19.8 Å². The number of aliphatic hydroxyl groups is 3. The van der Waals surface area contributed by atoms with Gasteiger partial charge in [0.05, 0.1) is 16.8 Å². The zero-order chi connectivity index (χ0) is 24.4. The largest absolute Gasteiger partial charge is 0.678 e. The molecular formula is C21H52O7SiTi. The van der Waals surface area contributed by atoms with Gasteiger partial charge in [0, 0.05) is 41.5 Å². The van der Waals surface area contributed by atoms with Crippen LogP contribution in [-0.2, 0) is 35.0 Å². The van der Waals surface area contributed by atoms with Crippen molar-refractivity contribution in [2.24, 2.45) is 0 Å². The van der Waals surface area contributed by atoms with Crippen LogP contribution < -0.4 is 0 Å². The molecule has 0 aromatic rings. The summed E-state index contributed by atoms with van der Waals surface area (Å²) in [5.41, 5.74) is -1.55. The second kappa shape index (κ2) is 21.5. The van der Waals surface area contributed by atoms with Crippen molar-refractivity contribution in [3.63, 3.8) is 0 Å². The zero-order valence-corrected chi connectivity index (χ0v) is 24.3. The van der Waals surface area contributed by atoms with E-state index >= 15 is 0 Å². The summed E-state index contributed by atoms with van der Waals surface area (Å²) in [5.74, 6) is 0. The molecule has 0 aliphatic heterocycles. The molecule has 0 atom stereocenters. The fourth-order valence-corrected chi connectivity index (χ4v) is 3.67. The minimum absolute atomic E-state index is 0. The summed E-state index contributed by atoms with van der Waals surface area (Å²) < 4.78 is 16.9. The van der Waals surface area contributed by atoms with Crippen LogP contribution in [0.4, 0.5) is 0 Å². The van der Waals surface area contributed by atoms with Gasteiger partial charge >= 0.3 is 9.05 Å². The van der Waals surface area contributed by atoms with Crippen molar-refractivity contribution in [3.8, 4) is 0 Å². The number of hydrogen-bond donors (Lipinski definition) is 4. The molecule has 186 valence electrons. The molecule has 0 aliphatic carbocycles. The van der Waals surface area contributed by atoms with Crippen LogP contribution in [0.3, 0.4) is 0 Å². The van der Waals surface area contributed by atoms with E-state index in [0.29, 0.717) is 19.8 Å². The van der Waals surface area contributed by atoms with Crippen LogP contribution in [-0.4, -0.2) is 65.8 Å². The Balaban J connectivity index is -0.000000131. The normalized spacial score (nSPS) is 11.6. The van der Waals surface area contributed by atoms with E-state index in [1.165, 1.54) is 0 Å². The summed E-state index contributed by atoms with van der Waals surface area (Å²) in [6, 6.07) is 0. The van der Waals surface area contributed by atoms with E-state index in [4.69, 9.17) is 28.6 Å². The summed E-state index contributed by atoms with van der Waals surface area (Å²) >= 11 is 0. The first kappa shape index (κ1) is 41.0. The van der Waals surface area contributed by atoms with E-state index in [-0.39, 0.29) is 21.7 Å². The molecule has 0 unspecified atom stereocenters. The maximum Gasteiger partial charge on any atom is 0.678 e. The molecule has 0 rings (SSSR count). The van der Waals surface area contributed by atoms with Gasteiger partial charge < -0.3 is 33.4 Å². The molecule has 0 spiro atoms. The van der Waals surface area contributed by atoms with E-state index < -0.39 is 25.9 Å². The topological polar surface area (TPSA) is 109 Å². The fraction of sp³-hybridized carbons (Fsp3) is 1.00. The summed E-state index contributed by atoms with van der Waals surface area (Å²) in [6.07, 6.45) is 2.62. The van der Waals surface area contributed by atoms with Gasteiger partial charge in [0.2, 0.25) is 0 Å². The third kappa shape index (κ3) is 46.7. The first-order valence-corrected chi connectivity index (χ1v) is 12.2. The molecule has 7 nitrogen and oxygen atoms in total. The second-order valence-corrected chi connectivity index (χ2v) is 11.0. The van der Waals surface area contributed by atoms with Gasteiger partial charge in [-0.05, 0) is 81.6 Å². The van der Waals surface area contributed by atoms with Crippen LogP contribution >= 0.6 is 0 Å². The summed E-state index contributed by atoms with van der Waals surface area (Å²) in [7, 11) is -3.66. The monoisotopic (exact) mass is 492 g/mol. The SMILES string of the molecule is CC(C)(C)O[Si](O)(OC(C)(C)C)OC(C)(C)C.CCCO.CCCO.CCCO.[Ti]. The van der Waals surface area contributed by atoms with Gasteiger partial charge in [0.15, 0.2) is 0 Å². The number of aliphatic hydroxyl groups excluding tert-OH is 3. The fourth-order valence-electron chi connectivity index (χ4n) is 1.22. The zero-order valence-electron chi connectivity index (χ0n) is 21.8. The first-order chi connectivity index (χ1) is 12.9. The van der Waals surface area contributed by atoms with E-state index in [9.17, 15) is 4.80 Å². The van der Waals surface area contributed by atoms with E-state index in [1.54, 1.807) is 0 Å². The van der Waals surface area contributed by atoms with E-state index in [0.717, 1.165) is 19.3 Å². The average molecular weight is 493 g/mol. The third-order valence-electron chi connectivity index (χ3n) is 1.98. The Morgan fingerprint density at radius 1 is 0.533 bits per heavy atom. The number of hydrogen-bond acceptors (Lipinski definition) is 7. The Kier molecular flexibility index (Phi) is 29.3. The Morgan fingerprint density at radius 3 is 0.733 bits per heavy atom. The molecule has 30 heavy (non-hydrogen) atoms. The average Bonchev–Trinajstić information content (AvgIpc) is 2.49. The van der Waals surface area contributed by atoms with Gasteiger partial charge in [0.1, 0.15) is 0 Å². The van der Waals surface area contributed by atoms with Gasteiger partial charge in [0.25, 0.3) is 0 Å². The molecule has 0 bridgehead atoms. The molecule has 0 heterocycles. The van der Waals surface area contributed by atoms with Crippen LogP contribution in [0.1, 0.15) is 102 Å². The van der Waals surface area contributed by atoms with E-state index in [2.05, 4.69) is 0 Å². The molecule has 0 aliphatic rings. The van der Waals surface area contributed by atoms with Crippen molar-refractivity contribution >= 4 is 9.05 Å². The Hall–Kier alpha value is 0.651. The van der Waals surface area contributed by atoms with Crippen LogP contribution in [0.5, 0.6) is 0 Å². The van der Waals surface area contributed by atoms with Gasteiger partial charge in [-0.2, -0.15) is 0 Å². The molecule has 0 fully saturated rings. The first-order valence-electron chi connectivity index (χ1n) is 10.5. The molecule has 9 heteroatoms. The molecule has 0 aromatic carbocycles. The predicted molar refractivity (Wildman–Crippen MR) is 123 cm³/mol. The van der Waals surface area contributed by atoms with Crippen LogP contribution in [0, 0.1) is 0 Å². The van der Waals surface area contributed by atoms with Crippen molar-refractivity contribution in [1.29, 1.82) is 0 Å². The van der Waals surface area contributed by atoms with Crippen molar-refractivity contribution in [3.05, 3.63) is 0 Å². The molecule has 0 amide bonds. The molecular weight excluding hydrogens is 440 g/mol. The molecule has 0 saturated heterocycles. The standard InChI is InChI=1S/C12H28O4Si.3C3H8O.Ti/c1-10(2,3)14-17(13,15-11(4,5)6)16-12(7,8)9;3*1-2-3-4;/h13H,1-9H3;3*4H,2-3H2,1H3;. The molecule has 0 radical (unpaired) electrons. The van der Waals surface area contributed by atoms with Crippen molar-refractivity contribution in [1.82, 2.24) is 0 Å². The minimum Gasteiger partial charge on any atom is -0.396 e. The van der Waals surface area contributed by atoms with Crippen molar-refractivity contribution < 1.29 is 55.1 Å². The van der Waals surface area contributed by atoms with Gasteiger partial charge in [-0.25, -0.2) is 0 Å². The van der Waals surface area contributed by atoms with Crippen LogP contribution in [0.25, 0.3) is 0 Å². The minimum atomic E-state index is -3.66. The Bertz CT molecular complexity index is 281. The maximum absolute atomic E-state index is 10.5. The van der Waals surface area contributed by atoms with Crippen molar-refractivity contribution in [2.45, 2.75) is 119 Å². The second-order valence-electron chi connectivity index (χ2n) is 9.34. The Labute approximate surface area is 202 Å². The summed E-state index contributed by atoms with van der Waals surface area (Å²) in [6.45, 7) is 23.5. The summed E-state index contributed by atoms with van der Waals surface area (Å²) in [4.78, 5) is 10.5. The molecule has 4 N–H and O–H groups in total. The van der Waals surface area contributed by atoms with Gasteiger partial charge in [-0.1, -0.05) is 20.8 Å².